The van der Waals surface area contributed by atoms with Gasteiger partial charge in [-0.25, -0.2) is 4.98 Å². The number of imidazole rings is 1. The molecule has 0 aliphatic heterocycles. The number of nitrogens with zero attached hydrogens (tertiary/aromatic N) is 1. The molecule has 2 aromatic carbocycles. The van der Waals surface area contributed by atoms with Gasteiger partial charge in [-0.3, -0.25) is 0 Å². The number of quaternary nitrogens is 1. The van der Waals surface area contributed by atoms with Crippen molar-refractivity contribution in [3.8, 4) is 0 Å². The molecule has 3 nitrogen and oxygen atoms in total. The lowest BCUT2D eigenvalue weighted by molar-refractivity contribution is -0.413. The summed E-state index contributed by atoms with van der Waals surface area (Å²) in [6.07, 6.45) is 0. The molecule has 3 rings (SSSR count). The van der Waals surface area contributed by atoms with Crippen LogP contribution in [0.15, 0.2) is 54.6 Å². The number of H-pyrrole nitrogens is 1. The van der Waals surface area contributed by atoms with Crippen LogP contribution in [0, 0.1) is 0 Å². The van der Waals surface area contributed by atoms with Gasteiger partial charge in [-0.15, -0.1) is 0 Å². The quantitative estimate of drug-likeness (QED) is 0.686. The Balaban J connectivity index is 2.04. The molecule has 0 aliphatic rings. The highest BCUT2D eigenvalue weighted by molar-refractivity contribution is 5.74. The van der Waals surface area contributed by atoms with E-state index in [9.17, 15) is 0 Å². The number of rotatable bonds is 2. The van der Waals surface area contributed by atoms with Gasteiger partial charge in [0, 0.05) is 5.56 Å². The highest BCUT2D eigenvalue weighted by Crippen LogP contribution is 2.18. The van der Waals surface area contributed by atoms with Crippen molar-refractivity contribution in [1.82, 2.24) is 9.97 Å². The average Bonchev–Trinajstić information content (AvgIpc) is 2.82. The molecule has 17 heavy (non-hydrogen) atoms. The molecule has 0 saturated heterocycles. The van der Waals surface area contributed by atoms with Crippen LogP contribution in [0.1, 0.15) is 17.4 Å². The molecular weight excluding hydrogens is 210 g/mol. The topological polar surface area (TPSA) is 56.3 Å². The molecule has 0 aliphatic carbocycles. The Bertz CT molecular complexity index is 595. The summed E-state index contributed by atoms with van der Waals surface area (Å²) in [6.45, 7) is 0. The van der Waals surface area contributed by atoms with Crippen molar-refractivity contribution in [1.29, 1.82) is 0 Å². The number of hydrogen-bond donors (Lipinski definition) is 2. The summed E-state index contributed by atoms with van der Waals surface area (Å²) >= 11 is 0. The Morgan fingerprint density at radius 3 is 2.41 bits per heavy atom. The van der Waals surface area contributed by atoms with Crippen LogP contribution in [0.3, 0.4) is 0 Å². The van der Waals surface area contributed by atoms with Crippen LogP contribution in [-0.2, 0) is 0 Å². The lowest BCUT2D eigenvalue weighted by atomic mass is 10.1. The van der Waals surface area contributed by atoms with E-state index in [-0.39, 0.29) is 6.04 Å². The minimum absolute atomic E-state index is 0.0450. The second kappa shape index (κ2) is 4.03. The Morgan fingerprint density at radius 1 is 0.941 bits per heavy atom. The average molecular weight is 224 g/mol. The molecule has 84 valence electrons. The van der Waals surface area contributed by atoms with Crippen LogP contribution in [0.2, 0.25) is 0 Å². The summed E-state index contributed by atoms with van der Waals surface area (Å²) in [5.74, 6) is 0.914. The zero-order chi connectivity index (χ0) is 11.7. The minimum atomic E-state index is 0.0450. The van der Waals surface area contributed by atoms with Crippen LogP contribution in [0.25, 0.3) is 11.0 Å². The van der Waals surface area contributed by atoms with E-state index in [2.05, 4.69) is 27.8 Å². The van der Waals surface area contributed by atoms with Crippen LogP contribution in [0.4, 0.5) is 0 Å². The van der Waals surface area contributed by atoms with Gasteiger partial charge < -0.3 is 10.7 Å². The van der Waals surface area contributed by atoms with Crippen molar-refractivity contribution in [3.05, 3.63) is 66.0 Å². The van der Waals surface area contributed by atoms with Gasteiger partial charge in [0.2, 0.25) is 0 Å². The lowest BCUT2D eigenvalue weighted by Gasteiger charge is -2.04. The molecule has 0 fully saturated rings. The third-order valence-corrected chi connectivity index (χ3v) is 2.94. The number of hydrogen-bond acceptors (Lipinski definition) is 1. The predicted octanol–water partition coefficient (Wildman–Crippen LogP) is 1.89. The fourth-order valence-corrected chi connectivity index (χ4v) is 1.98. The molecule has 3 heteroatoms. The van der Waals surface area contributed by atoms with Crippen molar-refractivity contribution in [2.24, 2.45) is 0 Å². The summed E-state index contributed by atoms with van der Waals surface area (Å²) in [6, 6.07) is 18.3. The first-order valence-electron chi connectivity index (χ1n) is 5.67. The molecule has 4 N–H and O–H groups in total. The third kappa shape index (κ3) is 1.81. The molecule has 0 radical (unpaired) electrons. The third-order valence-electron chi connectivity index (χ3n) is 2.94. The molecule has 0 unspecified atom stereocenters. The lowest BCUT2D eigenvalue weighted by Crippen LogP contribution is -2.54. The van der Waals surface area contributed by atoms with Crippen molar-refractivity contribution in [3.63, 3.8) is 0 Å². The predicted molar refractivity (Wildman–Crippen MR) is 67.3 cm³/mol. The molecular formula is C14H14N3+. The zero-order valence-electron chi connectivity index (χ0n) is 9.43. The number of benzene rings is 2. The summed E-state index contributed by atoms with van der Waals surface area (Å²) in [4.78, 5) is 7.89. The Kier molecular flexibility index (Phi) is 2.38. The standard InChI is InChI=1S/C14H13N3/c15-13(10-6-2-1-3-7-10)14-16-11-8-4-5-9-12(11)17-14/h1-9,13H,15H2,(H,16,17)/p+1/t13-/m1/s1. The highest BCUT2D eigenvalue weighted by Gasteiger charge is 2.16. The maximum Gasteiger partial charge on any atom is 0.170 e. The number of aromatic amines is 1. The maximum atomic E-state index is 4.57. The monoisotopic (exact) mass is 224 g/mol. The van der Waals surface area contributed by atoms with Crippen LogP contribution in [0.5, 0.6) is 0 Å². The van der Waals surface area contributed by atoms with Gasteiger partial charge in [0.25, 0.3) is 0 Å². The largest absolute Gasteiger partial charge is 0.345 e. The summed E-state index contributed by atoms with van der Waals surface area (Å²) in [5.41, 5.74) is 7.41. The van der Waals surface area contributed by atoms with Crippen molar-refractivity contribution < 1.29 is 5.73 Å². The minimum Gasteiger partial charge on any atom is -0.345 e. The molecule has 1 heterocycles. The normalized spacial score (nSPS) is 12.8. The van der Waals surface area contributed by atoms with Crippen molar-refractivity contribution in [2.45, 2.75) is 6.04 Å². The molecule has 3 aromatic rings. The SMILES string of the molecule is [NH3+][C@H](c1ccccc1)c1nc2ccccc2[nH]1. The van der Waals surface area contributed by atoms with E-state index in [4.69, 9.17) is 0 Å². The van der Waals surface area contributed by atoms with Gasteiger partial charge in [0.05, 0.1) is 11.0 Å². The van der Waals surface area contributed by atoms with Crippen LogP contribution >= 0.6 is 0 Å². The van der Waals surface area contributed by atoms with E-state index < -0.39 is 0 Å². The van der Waals surface area contributed by atoms with E-state index in [1.165, 1.54) is 5.56 Å². The molecule has 1 atom stereocenters. The van der Waals surface area contributed by atoms with Crippen LogP contribution < -0.4 is 5.73 Å². The van der Waals surface area contributed by atoms with E-state index in [1.807, 2.05) is 42.5 Å². The first kappa shape index (κ1) is 10.1. The number of fused-ring (bicyclic) bond motifs is 1. The van der Waals surface area contributed by atoms with Gasteiger partial charge in [0.15, 0.2) is 11.9 Å². The Morgan fingerprint density at radius 2 is 1.65 bits per heavy atom. The number of nitrogens with one attached hydrogen (secondary N) is 1. The fourth-order valence-electron chi connectivity index (χ4n) is 1.98. The molecule has 1 aromatic heterocycles. The zero-order valence-corrected chi connectivity index (χ0v) is 9.43. The van der Waals surface area contributed by atoms with Crippen molar-refractivity contribution in [2.75, 3.05) is 0 Å². The summed E-state index contributed by atoms with van der Waals surface area (Å²) in [7, 11) is 0. The first-order valence-corrected chi connectivity index (χ1v) is 5.67. The van der Waals surface area contributed by atoms with E-state index in [1.54, 1.807) is 0 Å². The molecule has 0 bridgehead atoms. The summed E-state index contributed by atoms with van der Waals surface area (Å²) < 4.78 is 0. The van der Waals surface area contributed by atoms with Gasteiger partial charge >= 0.3 is 0 Å². The first-order chi connectivity index (χ1) is 8.34. The van der Waals surface area contributed by atoms with Gasteiger partial charge in [-0.2, -0.15) is 0 Å². The van der Waals surface area contributed by atoms with Gasteiger partial charge in [0.1, 0.15) is 0 Å². The van der Waals surface area contributed by atoms with E-state index in [0.29, 0.717) is 0 Å². The van der Waals surface area contributed by atoms with E-state index >= 15 is 0 Å². The van der Waals surface area contributed by atoms with Gasteiger partial charge in [-0.1, -0.05) is 42.5 Å². The molecule has 0 spiro atoms. The van der Waals surface area contributed by atoms with Gasteiger partial charge in [-0.05, 0) is 12.1 Å². The van der Waals surface area contributed by atoms with Crippen molar-refractivity contribution >= 4 is 11.0 Å². The molecule has 0 saturated carbocycles. The summed E-state index contributed by atoms with van der Waals surface area (Å²) in [5, 5.41) is 0. The maximum absolute atomic E-state index is 4.57. The van der Waals surface area contributed by atoms with E-state index in [0.717, 1.165) is 16.9 Å². The molecule has 0 amide bonds. The fraction of sp³-hybridized carbons (Fsp3) is 0.0714. The Labute approximate surface area is 99.3 Å². The second-order valence-electron chi connectivity index (χ2n) is 4.10. The smallest absolute Gasteiger partial charge is 0.170 e. The number of aromatic nitrogens is 2. The second-order valence-corrected chi connectivity index (χ2v) is 4.10. The Hall–Kier alpha value is -2.13. The van der Waals surface area contributed by atoms with Crippen LogP contribution in [-0.4, -0.2) is 9.97 Å². The highest BCUT2D eigenvalue weighted by atomic mass is 15.0. The number of para-hydroxylation sites is 2.